The summed E-state index contributed by atoms with van der Waals surface area (Å²) in [4.78, 5) is 35.7. The maximum absolute atomic E-state index is 13.0. The lowest BCUT2D eigenvalue weighted by Crippen LogP contribution is -2.58. The van der Waals surface area contributed by atoms with Gasteiger partial charge in [0.05, 0.1) is 11.5 Å². The van der Waals surface area contributed by atoms with Crippen LogP contribution in [0.25, 0.3) is 0 Å². The van der Waals surface area contributed by atoms with Crippen LogP contribution in [-0.4, -0.2) is 44.9 Å². The Bertz CT molecular complexity index is 775. The van der Waals surface area contributed by atoms with Gasteiger partial charge in [0, 0.05) is 11.8 Å². The minimum absolute atomic E-state index is 0.0614. The molecule has 2 N–H and O–H groups in total. The molecule has 4 aliphatic rings. The maximum atomic E-state index is 13.0. The van der Waals surface area contributed by atoms with Gasteiger partial charge in [0.15, 0.2) is 11.6 Å². The van der Waals surface area contributed by atoms with Crippen LogP contribution in [0.15, 0.2) is 11.6 Å². The minimum Gasteiger partial charge on any atom is -0.481 e. The van der Waals surface area contributed by atoms with Gasteiger partial charge in [-0.3, -0.25) is 14.4 Å². The number of aliphatic carboxylic acids is 1. The summed E-state index contributed by atoms with van der Waals surface area (Å²) in [7, 11) is 0. The summed E-state index contributed by atoms with van der Waals surface area (Å²) in [5.74, 6) is 0.399. The maximum Gasteiger partial charge on any atom is 0.313 e. The number of rotatable bonds is 5. The van der Waals surface area contributed by atoms with Crippen LogP contribution in [0, 0.1) is 28.6 Å². The molecule has 29 heavy (non-hydrogen) atoms. The van der Waals surface area contributed by atoms with Gasteiger partial charge in [-0.1, -0.05) is 19.4 Å². The lowest BCUT2D eigenvalue weighted by atomic mass is 9.46. The first-order valence-corrected chi connectivity index (χ1v) is 12.1. The van der Waals surface area contributed by atoms with E-state index in [0.29, 0.717) is 30.6 Å². The molecule has 0 radical (unpaired) electrons. The molecule has 0 saturated heterocycles. The van der Waals surface area contributed by atoms with Crippen LogP contribution in [-0.2, 0) is 14.4 Å². The highest BCUT2D eigenvalue weighted by atomic mass is 32.2. The highest BCUT2D eigenvalue weighted by Gasteiger charge is 2.65. The standard InChI is InChI=1S/C23H32O5S/c1-21-8-5-15(24)11-14(21)3-4-16-17(21)6-9-22(2)18(16)7-10-23(22,28)19(25)12-29-13-20(26)27/h11,16-18,28H,3-10,12-13H2,1-2H3,(H,26,27)/t16?,17?,18?,21-,22-,23-/m0/s1. The number of ketones is 2. The largest absolute Gasteiger partial charge is 0.481 e. The van der Waals surface area contributed by atoms with E-state index in [1.165, 1.54) is 5.57 Å². The van der Waals surface area contributed by atoms with E-state index < -0.39 is 17.0 Å². The number of fused-ring (bicyclic) bond motifs is 5. The second-order valence-electron chi connectivity index (χ2n) is 10.1. The van der Waals surface area contributed by atoms with Crippen LogP contribution in [0.4, 0.5) is 0 Å². The molecule has 4 rings (SSSR count). The Morgan fingerprint density at radius 1 is 1.07 bits per heavy atom. The van der Waals surface area contributed by atoms with Crippen molar-refractivity contribution in [2.24, 2.45) is 28.6 Å². The zero-order chi connectivity index (χ0) is 21.0. The number of thioether (sulfide) groups is 1. The highest BCUT2D eigenvalue weighted by molar-refractivity contribution is 8.00. The van der Waals surface area contributed by atoms with Crippen molar-refractivity contribution in [3.63, 3.8) is 0 Å². The third-order valence-electron chi connectivity index (χ3n) is 9.03. The van der Waals surface area contributed by atoms with Crippen LogP contribution >= 0.6 is 11.8 Å². The number of carbonyl (C=O) groups is 3. The Morgan fingerprint density at radius 3 is 2.52 bits per heavy atom. The van der Waals surface area contributed by atoms with Crippen molar-refractivity contribution in [1.82, 2.24) is 0 Å². The summed E-state index contributed by atoms with van der Waals surface area (Å²) in [5, 5.41) is 20.4. The second kappa shape index (κ2) is 7.23. The monoisotopic (exact) mass is 420 g/mol. The zero-order valence-electron chi connectivity index (χ0n) is 17.4. The number of Topliss-reactive ketones (excluding diaryl/α,β-unsaturated/α-hetero) is 1. The first kappa shape index (κ1) is 21.1. The van der Waals surface area contributed by atoms with Crippen LogP contribution < -0.4 is 0 Å². The van der Waals surface area contributed by atoms with Crippen LogP contribution in [0.1, 0.15) is 65.2 Å². The Kier molecular flexibility index (Phi) is 5.26. The van der Waals surface area contributed by atoms with Gasteiger partial charge in [-0.05, 0) is 74.2 Å². The fourth-order valence-electron chi connectivity index (χ4n) is 7.38. The molecule has 0 amide bonds. The smallest absolute Gasteiger partial charge is 0.313 e. The number of aliphatic hydroxyl groups is 1. The second-order valence-corrected chi connectivity index (χ2v) is 11.1. The lowest BCUT2D eigenvalue weighted by molar-refractivity contribution is -0.159. The zero-order valence-corrected chi connectivity index (χ0v) is 18.2. The average Bonchev–Trinajstić information content (AvgIpc) is 2.94. The van der Waals surface area contributed by atoms with Crippen molar-refractivity contribution in [2.45, 2.75) is 70.8 Å². The van der Waals surface area contributed by atoms with E-state index >= 15 is 0 Å². The third-order valence-corrected chi connectivity index (χ3v) is 9.95. The van der Waals surface area contributed by atoms with Gasteiger partial charge in [0.2, 0.25) is 0 Å². The summed E-state index contributed by atoms with van der Waals surface area (Å²) in [6.45, 7) is 4.43. The van der Waals surface area contributed by atoms with Gasteiger partial charge in [-0.15, -0.1) is 11.8 Å². The fourth-order valence-corrected chi connectivity index (χ4v) is 8.08. The minimum atomic E-state index is -1.34. The molecule has 5 nitrogen and oxygen atoms in total. The summed E-state index contributed by atoms with van der Waals surface area (Å²) in [6.07, 6.45) is 8.61. The van der Waals surface area contributed by atoms with E-state index in [-0.39, 0.29) is 28.5 Å². The van der Waals surface area contributed by atoms with Gasteiger partial charge in [0.25, 0.3) is 0 Å². The van der Waals surface area contributed by atoms with Gasteiger partial charge >= 0.3 is 5.97 Å². The Balaban J connectivity index is 1.56. The molecule has 0 heterocycles. The molecule has 3 fully saturated rings. The van der Waals surface area contributed by atoms with Crippen molar-refractivity contribution in [3.05, 3.63) is 11.6 Å². The van der Waals surface area contributed by atoms with E-state index in [0.717, 1.165) is 50.3 Å². The molecule has 3 saturated carbocycles. The molecule has 0 bridgehead atoms. The number of hydrogen-bond acceptors (Lipinski definition) is 5. The molecule has 160 valence electrons. The third kappa shape index (κ3) is 3.13. The molecule has 4 aliphatic carbocycles. The summed E-state index contributed by atoms with van der Waals surface area (Å²) in [5.41, 5.74) is -0.363. The van der Waals surface area contributed by atoms with Crippen LogP contribution in [0.3, 0.4) is 0 Å². The molecular formula is C23H32O5S. The first-order chi connectivity index (χ1) is 13.6. The molecule has 0 aromatic rings. The van der Waals surface area contributed by atoms with Crippen LogP contribution in [0.5, 0.6) is 0 Å². The van der Waals surface area contributed by atoms with Crippen molar-refractivity contribution >= 4 is 29.3 Å². The van der Waals surface area contributed by atoms with Crippen molar-refractivity contribution in [3.8, 4) is 0 Å². The summed E-state index contributed by atoms with van der Waals surface area (Å²) < 4.78 is 0. The molecule has 0 spiro atoms. The number of carboxylic acids is 1. The van der Waals surface area contributed by atoms with E-state index in [2.05, 4.69) is 13.8 Å². The Labute approximate surface area is 176 Å². The van der Waals surface area contributed by atoms with Gasteiger partial charge in [0.1, 0.15) is 5.60 Å². The number of carboxylic acid groups (broad SMARTS) is 1. The van der Waals surface area contributed by atoms with Crippen molar-refractivity contribution in [1.29, 1.82) is 0 Å². The molecule has 0 aromatic heterocycles. The van der Waals surface area contributed by atoms with Gasteiger partial charge in [-0.2, -0.15) is 0 Å². The highest BCUT2D eigenvalue weighted by Crippen LogP contribution is 2.67. The number of hydrogen-bond donors (Lipinski definition) is 2. The SMILES string of the molecule is C[C@]12CCC(=O)C=C1CCC1C2CC[C@@]2(C)C1CC[C@]2(O)C(=O)CSCC(=O)O. The summed E-state index contributed by atoms with van der Waals surface area (Å²) >= 11 is 1.08. The van der Waals surface area contributed by atoms with E-state index in [9.17, 15) is 19.5 Å². The Morgan fingerprint density at radius 2 is 1.79 bits per heavy atom. The molecule has 6 heteroatoms. The molecule has 6 atom stereocenters. The molecule has 3 unspecified atom stereocenters. The van der Waals surface area contributed by atoms with Crippen molar-refractivity contribution in [2.75, 3.05) is 11.5 Å². The molecule has 0 aliphatic heterocycles. The van der Waals surface area contributed by atoms with Crippen LogP contribution in [0.2, 0.25) is 0 Å². The number of allylic oxidation sites excluding steroid dienone is 1. The Hall–Kier alpha value is -1.14. The topological polar surface area (TPSA) is 91.7 Å². The molecular weight excluding hydrogens is 388 g/mol. The fraction of sp³-hybridized carbons (Fsp3) is 0.783. The van der Waals surface area contributed by atoms with Crippen molar-refractivity contribution < 1.29 is 24.6 Å². The predicted octanol–water partition coefficient (Wildman–Crippen LogP) is 3.64. The van der Waals surface area contributed by atoms with E-state index in [1.807, 2.05) is 6.08 Å². The quantitative estimate of drug-likeness (QED) is 0.706. The molecule has 0 aromatic carbocycles. The average molecular weight is 421 g/mol. The number of carbonyl (C=O) groups excluding carboxylic acids is 2. The normalized spacial score (nSPS) is 43.8. The van der Waals surface area contributed by atoms with Gasteiger partial charge < -0.3 is 10.2 Å². The van der Waals surface area contributed by atoms with E-state index in [4.69, 9.17) is 5.11 Å². The predicted molar refractivity (Wildman–Crippen MR) is 112 cm³/mol. The van der Waals surface area contributed by atoms with E-state index in [1.54, 1.807) is 0 Å². The first-order valence-electron chi connectivity index (χ1n) is 10.9. The van der Waals surface area contributed by atoms with Gasteiger partial charge in [-0.25, -0.2) is 0 Å². The lowest BCUT2D eigenvalue weighted by Gasteiger charge is -2.58. The summed E-state index contributed by atoms with van der Waals surface area (Å²) in [6, 6.07) is 0.